The monoisotopic (exact) mass is 235 g/mol. The predicted molar refractivity (Wildman–Crippen MR) is 65.2 cm³/mol. The Morgan fingerprint density at radius 3 is 2.82 bits per heavy atom. The van der Waals surface area contributed by atoms with Gasteiger partial charge in [-0.15, -0.1) is 5.10 Å². The molecular formula is C11H17N5O. The molecule has 1 heterocycles. The van der Waals surface area contributed by atoms with Crippen LogP contribution in [0.2, 0.25) is 0 Å². The normalized spacial score (nSPS) is 15.9. The van der Waals surface area contributed by atoms with Crippen LogP contribution >= 0.6 is 0 Å². The van der Waals surface area contributed by atoms with E-state index in [2.05, 4.69) is 20.3 Å². The predicted octanol–water partition coefficient (Wildman–Crippen LogP) is 0.890. The topological polar surface area (TPSA) is 87.6 Å². The molecule has 0 saturated heterocycles. The van der Waals surface area contributed by atoms with E-state index in [9.17, 15) is 0 Å². The van der Waals surface area contributed by atoms with Crippen LogP contribution in [0.15, 0.2) is 17.3 Å². The highest BCUT2D eigenvalue weighted by atomic mass is 16.4. The maximum Gasteiger partial charge on any atom is 0.151 e. The van der Waals surface area contributed by atoms with E-state index in [1.54, 1.807) is 0 Å². The van der Waals surface area contributed by atoms with Crippen molar-refractivity contribution >= 4 is 11.7 Å². The standard InChI is InChI=1S/C11H17N5O/c1-8-2-5-11(14-13-8)16(9-3-4-9)7-6-10(12)15-17/h2,5,9,17H,3-4,6-7H2,1H3,(H2,12,15). The van der Waals surface area contributed by atoms with E-state index in [1.807, 2.05) is 19.1 Å². The van der Waals surface area contributed by atoms with Gasteiger partial charge >= 0.3 is 0 Å². The maximum absolute atomic E-state index is 8.53. The molecule has 0 radical (unpaired) electrons. The fraction of sp³-hybridized carbons (Fsp3) is 0.545. The Morgan fingerprint density at radius 2 is 2.29 bits per heavy atom. The summed E-state index contributed by atoms with van der Waals surface area (Å²) >= 11 is 0. The Labute approximate surface area is 100 Å². The van der Waals surface area contributed by atoms with Crippen LogP contribution in [0.4, 0.5) is 5.82 Å². The number of aryl methyl sites for hydroxylation is 1. The van der Waals surface area contributed by atoms with Gasteiger partial charge in [-0.1, -0.05) is 5.16 Å². The van der Waals surface area contributed by atoms with Crippen LogP contribution in [0.3, 0.4) is 0 Å². The summed E-state index contributed by atoms with van der Waals surface area (Å²) in [6.45, 7) is 2.62. The Kier molecular flexibility index (Phi) is 3.41. The molecule has 1 aliphatic carbocycles. The lowest BCUT2D eigenvalue weighted by Gasteiger charge is -2.22. The summed E-state index contributed by atoms with van der Waals surface area (Å²) in [5.41, 5.74) is 6.38. The van der Waals surface area contributed by atoms with Gasteiger partial charge in [0, 0.05) is 19.0 Å². The largest absolute Gasteiger partial charge is 0.409 e. The first-order chi connectivity index (χ1) is 8.20. The maximum atomic E-state index is 8.53. The van der Waals surface area contributed by atoms with Gasteiger partial charge in [0.05, 0.1) is 5.69 Å². The third kappa shape index (κ3) is 3.05. The number of rotatable bonds is 5. The van der Waals surface area contributed by atoms with Crippen molar-refractivity contribution in [2.24, 2.45) is 10.9 Å². The van der Waals surface area contributed by atoms with Crippen molar-refractivity contribution < 1.29 is 5.21 Å². The van der Waals surface area contributed by atoms with Crippen molar-refractivity contribution in [3.05, 3.63) is 17.8 Å². The lowest BCUT2D eigenvalue weighted by molar-refractivity contribution is 0.317. The molecule has 0 atom stereocenters. The number of anilines is 1. The Morgan fingerprint density at radius 1 is 1.53 bits per heavy atom. The molecular weight excluding hydrogens is 218 g/mol. The van der Waals surface area contributed by atoms with E-state index < -0.39 is 0 Å². The van der Waals surface area contributed by atoms with Gasteiger partial charge in [-0.3, -0.25) is 0 Å². The minimum Gasteiger partial charge on any atom is -0.409 e. The van der Waals surface area contributed by atoms with Crippen molar-refractivity contribution in [2.45, 2.75) is 32.2 Å². The summed E-state index contributed by atoms with van der Waals surface area (Å²) in [4.78, 5) is 2.17. The lowest BCUT2D eigenvalue weighted by atomic mass is 10.3. The molecule has 17 heavy (non-hydrogen) atoms. The van der Waals surface area contributed by atoms with Crippen molar-refractivity contribution in [3.8, 4) is 0 Å². The van der Waals surface area contributed by atoms with E-state index >= 15 is 0 Å². The quantitative estimate of drug-likeness (QED) is 0.342. The molecule has 1 saturated carbocycles. The molecule has 1 fully saturated rings. The fourth-order valence-electron chi connectivity index (χ4n) is 1.70. The molecule has 2 rings (SSSR count). The highest BCUT2D eigenvalue weighted by molar-refractivity contribution is 5.80. The van der Waals surface area contributed by atoms with Crippen LogP contribution in [-0.2, 0) is 0 Å². The summed E-state index contributed by atoms with van der Waals surface area (Å²) in [6.07, 6.45) is 2.88. The summed E-state index contributed by atoms with van der Waals surface area (Å²) in [7, 11) is 0. The Bertz CT molecular complexity index is 399. The molecule has 6 heteroatoms. The number of oxime groups is 1. The van der Waals surface area contributed by atoms with E-state index in [4.69, 9.17) is 10.9 Å². The number of amidine groups is 1. The van der Waals surface area contributed by atoms with Crippen LogP contribution in [-0.4, -0.2) is 33.8 Å². The van der Waals surface area contributed by atoms with Crippen LogP contribution in [0, 0.1) is 6.92 Å². The third-order valence-electron chi connectivity index (χ3n) is 2.80. The van der Waals surface area contributed by atoms with Gasteiger partial charge < -0.3 is 15.8 Å². The smallest absolute Gasteiger partial charge is 0.151 e. The average Bonchev–Trinajstić information content (AvgIpc) is 3.15. The van der Waals surface area contributed by atoms with E-state index in [-0.39, 0.29) is 5.84 Å². The summed E-state index contributed by atoms with van der Waals surface area (Å²) in [5, 5.41) is 19.7. The summed E-state index contributed by atoms with van der Waals surface area (Å²) < 4.78 is 0. The first-order valence-corrected chi connectivity index (χ1v) is 5.74. The first kappa shape index (κ1) is 11.6. The molecule has 3 N–H and O–H groups in total. The van der Waals surface area contributed by atoms with Gasteiger partial charge in [-0.2, -0.15) is 5.10 Å². The molecule has 0 spiro atoms. The van der Waals surface area contributed by atoms with Gasteiger partial charge in [0.15, 0.2) is 5.82 Å². The van der Waals surface area contributed by atoms with E-state index in [0.717, 1.165) is 11.5 Å². The minimum atomic E-state index is 0.246. The number of hydrogen-bond acceptors (Lipinski definition) is 5. The van der Waals surface area contributed by atoms with Crippen LogP contribution in [0.5, 0.6) is 0 Å². The second-order valence-corrected chi connectivity index (χ2v) is 4.30. The Balaban J connectivity index is 2.04. The van der Waals surface area contributed by atoms with E-state index in [0.29, 0.717) is 19.0 Å². The lowest BCUT2D eigenvalue weighted by Crippen LogP contribution is -2.31. The molecule has 0 amide bonds. The minimum absolute atomic E-state index is 0.246. The molecule has 0 bridgehead atoms. The highest BCUT2D eigenvalue weighted by Crippen LogP contribution is 2.30. The molecule has 92 valence electrons. The number of aromatic nitrogens is 2. The van der Waals surface area contributed by atoms with Gasteiger partial charge in [-0.05, 0) is 31.9 Å². The van der Waals surface area contributed by atoms with Gasteiger partial charge in [0.2, 0.25) is 0 Å². The SMILES string of the molecule is Cc1ccc(N(CC/C(N)=N/O)C2CC2)nn1. The highest BCUT2D eigenvalue weighted by Gasteiger charge is 2.30. The van der Waals surface area contributed by atoms with Crippen molar-refractivity contribution in [1.29, 1.82) is 0 Å². The van der Waals surface area contributed by atoms with Gasteiger partial charge in [0.25, 0.3) is 0 Å². The van der Waals surface area contributed by atoms with Gasteiger partial charge in [0.1, 0.15) is 5.84 Å². The van der Waals surface area contributed by atoms with Crippen LogP contribution < -0.4 is 10.6 Å². The zero-order valence-electron chi connectivity index (χ0n) is 9.87. The molecule has 1 aliphatic rings. The summed E-state index contributed by atoms with van der Waals surface area (Å²) in [6, 6.07) is 4.44. The number of nitrogens with two attached hydrogens (primary N) is 1. The first-order valence-electron chi connectivity index (χ1n) is 5.74. The second kappa shape index (κ2) is 4.99. The average molecular weight is 235 g/mol. The molecule has 1 aromatic rings. The van der Waals surface area contributed by atoms with Crippen LogP contribution in [0.1, 0.15) is 25.0 Å². The van der Waals surface area contributed by atoms with Crippen molar-refractivity contribution in [1.82, 2.24) is 10.2 Å². The van der Waals surface area contributed by atoms with Crippen LogP contribution in [0.25, 0.3) is 0 Å². The molecule has 0 unspecified atom stereocenters. The molecule has 0 aliphatic heterocycles. The Hall–Kier alpha value is -1.85. The van der Waals surface area contributed by atoms with Crippen molar-refractivity contribution in [2.75, 3.05) is 11.4 Å². The third-order valence-corrected chi connectivity index (χ3v) is 2.80. The second-order valence-electron chi connectivity index (χ2n) is 4.30. The van der Waals surface area contributed by atoms with E-state index in [1.165, 1.54) is 12.8 Å². The zero-order chi connectivity index (χ0) is 12.3. The van der Waals surface area contributed by atoms with Gasteiger partial charge in [-0.25, -0.2) is 0 Å². The number of hydrogen-bond donors (Lipinski definition) is 2. The molecule has 6 nitrogen and oxygen atoms in total. The zero-order valence-corrected chi connectivity index (χ0v) is 9.87. The summed E-state index contributed by atoms with van der Waals surface area (Å²) in [5.74, 6) is 1.11. The molecule has 0 aromatic carbocycles. The van der Waals surface area contributed by atoms with Crippen molar-refractivity contribution in [3.63, 3.8) is 0 Å². The molecule has 1 aromatic heterocycles. The number of nitrogens with zero attached hydrogens (tertiary/aromatic N) is 4. The fourth-order valence-corrected chi connectivity index (χ4v) is 1.70.